The summed E-state index contributed by atoms with van der Waals surface area (Å²) < 4.78 is 5.30. The van der Waals surface area contributed by atoms with E-state index in [2.05, 4.69) is 14.9 Å². The van der Waals surface area contributed by atoms with Crippen molar-refractivity contribution >= 4 is 5.82 Å². The third kappa shape index (κ3) is 1.85. The maximum Gasteiger partial charge on any atom is 0.147 e. The second kappa shape index (κ2) is 3.92. The van der Waals surface area contributed by atoms with Gasteiger partial charge in [-0.05, 0) is 13.3 Å². The van der Waals surface area contributed by atoms with Crippen LogP contribution in [0.2, 0.25) is 0 Å². The number of anilines is 1. The van der Waals surface area contributed by atoms with Crippen LogP contribution in [0.3, 0.4) is 0 Å². The fraction of sp³-hybridized carbons (Fsp3) is 0.600. The lowest BCUT2D eigenvalue weighted by Crippen LogP contribution is -2.23. The van der Waals surface area contributed by atoms with Gasteiger partial charge in [-0.15, -0.1) is 0 Å². The summed E-state index contributed by atoms with van der Waals surface area (Å²) in [6, 6.07) is 0. The zero-order valence-corrected chi connectivity index (χ0v) is 8.60. The zero-order valence-electron chi connectivity index (χ0n) is 8.60. The largest absolute Gasteiger partial charge is 0.380 e. The molecule has 0 N–H and O–H groups in total. The Labute approximate surface area is 83.9 Å². The van der Waals surface area contributed by atoms with E-state index in [0.717, 1.165) is 31.0 Å². The lowest BCUT2D eigenvalue weighted by Gasteiger charge is -2.16. The first-order chi connectivity index (χ1) is 6.79. The summed E-state index contributed by atoms with van der Waals surface area (Å²) in [4.78, 5) is 10.8. The maximum atomic E-state index is 5.30. The summed E-state index contributed by atoms with van der Waals surface area (Å²) in [6.45, 7) is 3.88. The van der Waals surface area contributed by atoms with Gasteiger partial charge in [0.05, 0.1) is 24.2 Å². The van der Waals surface area contributed by atoms with Gasteiger partial charge in [-0.3, -0.25) is 4.98 Å². The standard InChI is InChI=1S/C10H15N3O/c1-8-5-12-10(6-11-8)13-4-3-9(7-13)14-2/h5-6,9H,3-4,7H2,1-2H3. The summed E-state index contributed by atoms with van der Waals surface area (Å²) in [5.74, 6) is 0.954. The Hall–Kier alpha value is -1.16. The normalized spacial score (nSPS) is 21.6. The Kier molecular flexibility index (Phi) is 2.63. The topological polar surface area (TPSA) is 38.2 Å². The summed E-state index contributed by atoms with van der Waals surface area (Å²) in [7, 11) is 1.76. The molecule has 0 aromatic carbocycles. The smallest absolute Gasteiger partial charge is 0.147 e. The monoisotopic (exact) mass is 193 g/mol. The van der Waals surface area contributed by atoms with Gasteiger partial charge in [-0.25, -0.2) is 4.98 Å². The molecule has 0 radical (unpaired) electrons. The first-order valence-corrected chi connectivity index (χ1v) is 4.86. The van der Waals surface area contributed by atoms with E-state index < -0.39 is 0 Å². The average molecular weight is 193 g/mol. The van der Waals surface area contributed by atoms with Crippen molar-refractivity contribution in [3.8, 4) is 0 Å². The predicted octanol–water partition coefficient (Wildman–Crippen LogP) is 1.01. The molecule has 0 saturated carbocycles. The van der Waals surface area contributed by atoms with Crippen molar-refractivity contribution in [2.75, 3.05) is 25.1 Å². The van der Waals surface area contributed by atoms with E-state index in [-0.39, 0.29) is 0 Å². The highest BCUT2D eigenvalue weighted by Crippen LogP contribution is 2.18. The number of aryl methyl sites for hydroxylation is 1. The molecule has 0 aliphatic carbocycles. The number of rotatable bonds is 2. The molecule has 1 saturated heterocycles. The predicted molar refractivity (Wildman–Crippen MR) is 54.4 cm³/mol. The van der Waals surface area contributed by atoms with Gasteiger partial charge in [0.2, 0.25) is 0 Å². The Morgan fingerprint density at radius 1 is 1.43 bits per heavy atom. The van der Waals surface area contributed by atoms with Gasteiger partial charge in [0.15, 0.2) is 0 Å². The Morgan fingerprint density at radius 3 is 2.86 bits per heavy atom. The molecule has 0 bridgehead atoms. The molecule has 0 spiro atoms. The number of hydrogen-bond acceptors (Lipinski definition) is 4. The van der Waals surface area contributed by atoms with Gasteiger partial charge in [0.1, 0.15) is 5.82 Å². The Morgan fingerprint density at radius 2 is 2.29 bits per heavy atom. The van der Waals surface area contributed by atoms with E-state index in [9.17, 15) is 0 Å². The van der Waals surface area contributed by atoms with E-state index in [1.807, 2.05) is 13.1 Å². The molecule has 1 fully saturated rings. The van der Waals surface area contributed by atoms with Gasteiger partial charge in [-0.2, -0.15) is 0 Å². The fourth-order valence-electron chi connectivity index (χ4n) is 1.68. The van der Waals surface area contributed by atoms with Crippen molar-refractivity contribution in [3.05, 3.63) is 18.1 Å². The number of methoxy groups -OCH3 is 1. The molecule has 2 heterocycles. The molecule has 4 heteroatoms. The van der Waals surface area contributed by atoms with Crippen molar-refractivity contribution in [1.29, 1.82) is 0 Å². The van der Waals surface area contributed by atoms with E-state index in [1.54, 1.807) is 13.3 Å². The average Bonchev–Trinajstić information content (AvgIpc) is 2.67. The molecule has 76 valence electrons. The van der Waals surface area contributed by atoms with Gasteiger partial charge in [-0.1, -0.05) is 0 Å². The minimum atomic E-state index is 0.345. The van der Waals surface area contributed by atoms with Crippen molar-refractivity contribution in [2.45, 2.75) is 19.4 Å². The molecule has 0 amide bonds. The zero-order chi connectivity index (χ0) is 9.97. The first kappa shape index (κ1) is 9.40. The van der Waals surface area contributed by atoms with Crippen molar-refractivity contribution in [1.82, 2.24) is 9.97 Å². The van der Waals surface area contributed by atoms with Crippen LogP contribution in [0.5, 0.6) is 0 Å². The van der Waals surface area contributed by atoms with Crippen LogP contribution in [-0.4, -0.2) is 36.3 Å². The molecular weight excluding hydrogens is 178 g/mol. The number of nitrogens with zero attached hydrogens (tertiary/aromatic N) is 3. The van der Waals surface area contributed by atoms with E-state index in [4.69, 9.17) is 4.74 Å². The molecule has 2 rings (SSSR count). The van der Waals surface area contributed by atoms with Crippen LogP contribution in [0, 0.1) is 6.92 Å². The van der Waals surface area contributed by atoms with Crippen LogP contribution < -0.4 is 4.90 Å². The first-order valence-electron chi connectivity index (χ1n) is 4.86. The van der Waals surface area contributed by atoms with Crippen LogP contribution in [0.1, 0.15) is 12.1 Å². The summed E-state index contributed by atoms with van der Waals surface area (Å²) in [5, 5.41) is 0. The second-order valence-corrected chi connectivity index (χ2v) is 3.61. The van der Waals surface area contributed by atoms with Crippen molar-refractivity contribution in [3.63, 3.8) is 0 Å². The highest BCUT2D eigenvalue weighted by Gasteiger charge is 2.22. The van der Waals surface area contributed by atoms with E-state index >= 15 is 0 Å². The van der Waals surface area contributed by atoms with E-state index in [1.165, 1.54) is 0 Å². The van der Waals surface area contributed by atoms with Crippen molar-refractivity contribution < 1.29 is 4.74 Å². The van der Waals surface area contributed by atoms with Gasteiger partial charge < -0.3 is 9.64 Å². The van der Waals surface area contributed by atoms with Gasteiger partial charge in [0, 0.05) is 20.2 Å². The Balaban J connectivity index is 2.06. The van der Waals surface area contributed by atoms with Gasteiger partial charge in [0.25, 0.3) is 0 Å². The molecule has 1 atom stereocenters. The van der Waals surface area contributed by atoms with Crippen LogP contribution in [0.25, 0.3) is 0 Å². The van der Waals surface area contributed by atoms with Gasteiger partial charge >= 0.3 is 0 Å². The third-order valence-corrected chi connectivity index (χ3v) is 2.57. The molecule has 1 unspecified atom stereocenters. The number of ether oxygens (including phenoxy) is 1. The summed E-state index contributed by atoms with van der Waals surface area (Å²) in [5.41, 5.74) is 0.955. The van der Waals surface area contributed by atoms with Crippen LogP contribution in [0.15, 0.2) is 12.4 Å². The molecule has 14 heavy (non-hydrogen) atoms. The molecular formula is C10H15N3O. The van der Waals surface area contributed by atoms with Crippen LogP contribution in [-0.2, 0) is 4.74 Å². The minimum absolute atomic E-state index is 0.345. The minimum Gasteiger partial charge on any atom is -0.380 e. The third-order valence-electron chi connectivity index (χ3n) is 2.57. The lowest BCUT2D eigenvalue weighted by molar-refractivity contribution is 0.121. The molecule has 1 aromatic heterocycles. The summed E-state index contributed by atoms with van der Waals surface area (Å²) in [6.07, 6.45) is 5.05. The molecule has 1 aliphatic rings. The fourth-order valence-corrected chi connectivity index (χ4v) is 1.68. The maximum absolute atomic E-state index is 5.30. The van der Waals surface area contributed by atoms with Crippen LogP contribution in [0.4, 0.5) is 5.82 Å². The highest BCUT2D eigenvalue weighted by atomic mass is 16.5. The lowest BCUT2D eigenvalue weighted by atomic mass is 10.3. The number of hydrogen-bond donors (Lipinski definition) is 0. The quantitative estimate of drug-likeness (QED) is 0.702. The van der Waals surface area contributed by atoms with Crippen molar-refractivity contribution in [2.24, 2.45) is 0 Å². The number of aromatic nitrogens is 2. The summed E-state index contributed by atoms with van der Waals surface area (Å²) >= 11 is 0. The highest BCUT2D eigenvalue weighted by molar-refractivity contribution is 5.37. The SMILES string of the molecule is COC1CCN(c2cnc(C)cn2)C1. The molecule has 1 aliphatic heterocycles. The van der Waals surface area contributed by atoms with Crippen LogP contribution >= 0.6 is 0 Å². The second-order valence-electron chi connectivity index (χ2n) is 3.61. The Bertz CT molecular complexity index is 299. The molecule has 1 aromatic rings. The van der Waals surface area contributed by atoms with E-state index in [0.29, 0.717) is 6.10 Å². The molecule has 4 nitrogen and oxygen atoms in total.